The summed E-state index contributed by atoms with van der Waals surface area (Å²) >= 11 is 5.77. The summed E-state index contributed by atoms with van der Waals surface area (Å²) in [7, 11) is 0. The molecule has 26 heavy (non-hydrogen) atoms. The maximum atomic E-state index is 13.3. The molecule has 1 heterocycles. The number of nitrogens with one attached hydrogen (secondary N) is 1. The van der Waals surface area contributed by atoms with Crippen molar-refractivity contribution in [2.24, 2.45) is 5.73 Å². The molecule has 2 aromatic carbocycles. The first-order valence-corrected chi connectivity index (χ1v) is 8.88. The van der Waals surface area contributed by atoms with E-state index >= 15 is 0 Å². The summed E-state index contributed by atoms with van der Waals surface area (Å²) in [6.07, 6.45) is -1.99. The molecule has 3 aromatic rings. The van der Waals surface area contributed by atoms with E-state index in [0.29, 0.717) is 17.8 Å². The third-order valence-electron chi connectivity index (χ3n) is 4.59. The molecule has 0 unspecified atom stereocenters. The van der Waals surface area contributed by atoms with Crippen LogP contribution in [0.2, 0.25) is 5.02 Å². The minimum atomic E-state index is -4.49. The average Bonchev–Trinajstić information content (AvgIpc) is 2.95. The molecule has 3 rings (SSSR count). The van der Waals surface area contributed by atoms with Crippen molar-refractivity contribution >= 4 is 22.5 Å². The lowest BCUT2D eigenvalue weighted by Gasteiger charge is -2.12. The van der Waals surface area contributed by atoms with Crippen molar-refractivity contribution in [2.75, 3.05) is 6.54 Å². The second-order valence-corrected chi connectivity index (χ2v) is 6.82. The molecule has 0 aliphatic carbocycles. The zero-order chi connectivity index (χ0) is 18.9. The summed E-state index contributed by atoms with van der Waals surface area (Å²) in [5.41, 5.74) is 9.00. The molecule has 138 valence electrons. The fourth-order valence-corrected chi connectivity index (χ4v) is 3.50. The van der Waals surface area contributed by atoms with E-state index in [4.69, 9.17) is 17.3 Å². The first-order chi connectivity index (χ1) is 12.3. The number of aromatic nitrogens is 1. The lowest BCUT2D eigenvalue weighted by atomic mass is 9.98. The van der Waals surface area contributed by atoms with Gasteiger partial charge in [0.2, 0.25) is 0 Å². The van der Waals surface area contributed by atoms with Crippen LogP contribution in [0.25, 0.3) is 22.2 Å². The molecule has 0 atom stereocenters. The van der Waals surface area contributed by atoms with E-state index in [9.17, 15) is 13.2 Å². The standard InChI is InChI=1S/C20H20ClF3N2/c1-12-5-4-7-14-15(6-2-3-10-25)19(26-18(12)14)13-8-9-17(21)16(11-13)20(22,23)24/h4-5,7-9,11,26H,2-3,6,10,25H2,1H3. The van der Waals surface area contributed by atoms with Crippen LogP contribution in [0.15, 0.2) is 36.4 Å². The van der Waals surface area contributed by atoms with E-state index in [0.717, 1.165) is 47.4 Å². The van der Waals surface area contributed by atoms with Gasteiger partial charge in [0.05, 0.1) is 10.6 Å². The van der Waals surface area contributed by atoms with Gasteiger partial charge in [-0.15, -0.1) is 0 Å². The molecule has 0 bridgehead atoms. The van der Waals surface area contributed by atoms with Crippen LogP contribution in [-0.2, 0) is 12.6 Å². The van der Waals surface area contributed by atoms with Crippen molar-refractivity contribution in [3.05, 3.63) is 58.1 Å². The van der Waals surface area contributed by atoms with Crippen LogP contribution < -0.4 is 5.73 Å². The minimum absolute atomic E-state index is 0.293. The van der Waals surface area contributed by atoms with Gasteiger partial charge in [0.1, 0.15) is 0 Å². The number of halogens is 4. The highest BCUT2D eigenvalue weighted by Crippen LogP contribution is 2.39. The number of alkyl halides is 3. The Kier molecular flexibility index (Phi) is 5.30. The lowest BCUT2D eigenvalue weighted by Crippen LogP contribution is -2.06. The van der Waals surface area contributed by atoms with Crippen molar-refractivity contribution in [2.45, 2.75) is 32.4 Å². The highest BCUT2D eigenvalue weighted by Gasteiger charge is 2.33. The van der Waals surface area contributed by atoms with E-state index in [1.54, 1.807) is 6.07 Å². The van der Waals surface area contributed by atoms with Crippen molar-refractivity contribution in [1.82, 2.24) is 4.98 Å². The molecule has 0 saturated carbocycles. The Morgan fingerprint density at radius 1 is 1.12 bits per heavy atom. The minimum Gasteiger partial charge on any atom is -0.354 e. The number of nitrogens with two attached hydrogens (primary N) is 1. The second kappa shape index (κ2) is 7.33. The highest BCUT2D eigenvalue weighted by molar-refractivity contribution is 6.31. The number of unbranched alkanes of at least 4 members (excludes halogenated alkanes) is 1. The SMILES string of the molecule is Cc1cccc2c(CCCCN)c(-c3ccc(Cl)c(C(F)(F)F)c3)[nH]c12. The van der Waals surface area contributed by atoms with Crippen molar-refractivity contribution in [3.63, 3.8) is 0 Å². The Balaban J connectivity index is 2.18. The molecule has 0 aliphatic heterocycles. The summed E-state index contributed by atoms with van der Waals surface area (Å²) in [6.45, 7) is 2.57. The Bertz CT molecular complexity index is 929. The van der Waals surface area contributed by atoms with E-state index in [2.05, 4.69) is 4.98 Å². The van der Waals surface area contributed by atoms with Gasteiger partial charge in [-0.2, -0.15) is 13.2 Å². The molecule has 0 saturated heterocycles. The van der Waals surface area contributed by atoms with Gasteiger partial charge in [0.25, 0.3) is 0 Å². The van der Waals surface area contributed by atoms with Crippen LogP contribution in [0, 0.1) is 6.92 Å². The third kappa shape index (κ3) is 3.60. The smallest absolute Gasteiger partial charge is 0.354 e. The fraction of sp³-hybridized carbons (Fsp3) is 0.300. The normalized spacial score (nSPS) is 12.1. The van der Waals surface area contributed by atoms with E-state index in [1.165, 1.54) is 6.07 Å². The predicted octanol–water partition coefficient (Wildman–Crippen LogP) is 6.10. The molecular formula is C20H20ClF3N2. The highest BCUT2D eigenvalue weighted by atomic mass is 35.5. The molecule has 1 aromatic heterocycles. The number of aromatic amines is 1. The molecule has 0 fully saturated rings. The van der Waals surface area contributed by atoms with Gasteiger partial charge in [0.15, 0.2) is 0 Å². The monoisotopic (exact) mass is 380 g/mol. The molecular weight excluding hydrogens is 361 g/mol. The number of rotatable bonds is 5. The number of aryl methyl sites for hydroxylation is 2. The number of H-pyrrole nitrogens is 1. The Labute approximate surface area is 155 Å². The van der Waals surface area contributed by atoms with Crippen LogP contribution in [-0.4, -0.2) is 11.5 Å². The second-order valence-electron chi connectivity index (χ2n) is 6.41. The van der Waals surface area contributed by atoms with Gasteiger partial charge >= 0.3 is 6.18 Å². The Hall–Kier alpha value is -1.98. The van der Waals surface area contributed by atoms with Crippen LogP contribution in [0.5, 0.6) is 0 Å². The number of benzene rings is 2. The van der Waals surface area contributed by atoms with Gasteiger partial charge in [-0.3, -0.25) is 0 Å². The summed E-state index contributed by atoms with van der Waals surface area (Å²) in [6, 6.07) is 10.0. The molecule has 2 nitrogen and oxygen atoms in total. The average molecular weight is 381 g/mol. The van der Waals surface area contributed by atoms with Gasteiger partial charge in [0, 0.05) is 16.6 Å². The zero-order valence-electron chi connectivity index (χ0n) is 14.4. The summed E-state index contributed by atoms with van der Waals surface area (Å²) in [5.74, 6) is 0. The van der Waals surface area contributed by atoms with Gasteiger partial charge in [-0.05, 0) is 61.6 Å². The maximum Gasteiger partial charge on any atom is 0.417 e. The molecule has 0 amide bonds. The molecule has 0 radical (unpaired) electrons. The maximum absolute atomic E-state index is 13.3. The number of fused-ring (bicyclic) bond motifs is 1. The van der Waals surface area contributed by atoms with E-state index in [1.807, 2.05) is 25.1 Å². The summed E-state index contributed by atoms with van der Waals surface area (Å²) < 4.78 is 39.8. The summed E-state index contributed by atoms with van der Waals surface area (Å²) in [5, 5.41) is 0.749. The lowest BCUT2D eigenvalue weighted by molar-refractivity contribution is -0.137. The van der Waals surface area contributed by atoms with Crippen LogP contribution in [0.4, 0.5) is 13.2 Å². The Morgan fingerprint density at radius 3 is 2.58 bits per heavy atom. The fourth-order valence-electron chi connectivity index (χ4n) is 3.27. The van der Waals surface area contributed by atoms with Gasteiger partial charge in [-0.1, -0.05) is 35.9 Å². The van der Waals surface area contributed by atoms with Crippen molar-refractivity contribution in [3.8, 4) is 11.3 Å². The van der Waals surface area contributed by atoms with Gasteiger partial charge < -0.3 is 10.7 Å². The molecule has 6 heteroatoms. The molecule has 3 N–H and O–H groups in total. The van der Waals surface area contributed by atoms with E-state index < -0.39 is 11.7 Å². The first-order valence-electron chi connectivity index (χ1n) is 8.50. The first kappa shape index (κ1) is 18.8. The van der Waals surface area contributed by atoms with Crippen LogP contribution in [0.1, 0.15) is 29.5 Å². The number of para-hydroxylation sites is 1. The quantitative estimate of drug-likeness (QED) is 0.516. The van der Waals surface area contributed by atoms with Crippen molar-refractivity contribution in [1.29, 1.82) is 0 Å². The molecule has 0 spiro atoms. The number of hydrogen-bond acceptors (Lipinski definition) is 1. The third-order valence-corrected chi connectivity index (χ3v) is 4.92. The van der Waals surface area contributed by atoms with Crippen LogP contribution in [0.3, 0.4) is 0 Å². The zero-order valence-corrected chi connectivity index (χ0v) is 15.1. The van der Waals surface area contributed by atoms with Crippen LogP contribution >= 0.6 is 11.6 Å². The largest absolute Gasteiger partial charge is 0.417 e. The van der Waals surface area contributed by atoms with E-state index in [-0.39, 0.29) is 5.02 Å². The molecule has 0 aliphatic rings. The topological polar surface area (TPSA) is 41.8 Å². The number of hydrogen-bond donors (Lipinski definition) is 2. The van der Waals surface area contributed by atoms with Crippen molar-refractivity contribution < 1.29 is 13.2 Å². The van der Waals surface area contributed by atoms with Gasteiger partial charge in [-0.25, -0.2) is 0 Å². The Morgan fingerprint density at radius 2 is 1.88 bits per heavy atom. The summed E-state index contributed by atoms with van der Waals surface area (Å²) in [4.78, 5) is 3.33. The predicted molar refractivity (Wildman–Crippen MR) is 100 cm³/mol.